The summed E-state index contributed by atoms with van der Waals surface area (Å²) in [5.74, 6) is 1.03. The average molecular weight is 290 g/mol. The molecule has 108 valence electrons. The molecule has 1 aliphatic heterocycles. The first-order valence-electron chi connectivity index (χ1n) is 7.80. The number of amides is 1. The molecule has 3 nitrogen and oxygen atoms in total. The Bertz CT molecular complexity index is 528. The normalized spacial score (nSPS) is 28.8. The number of carbonyl (C=O) groups is 1. The first-order chi connectivity index (χ1) is 9.70. The van der Waals surface area contributed by atoms with Crippen molar-refractivity contribution in [3.8, 4) is 0 Å². The molecule has 4 rings (SSSR count). The highest BCUT2D eigenvalue weighted by molar-refractivity contribution is 7.08. The summed E-state index contributed by atoms with van der Waals surface area (Å²) in [6.45, 7) is 2.95. The van der Waals surface area contributed by atoms with Crippen molar-refractivity contribution in [3.05, 3.63) is 21.9 Å². The Labute approximate surface area is 124 Å². The van der Waals surface area contributed by atoms with Gasteiger partial charge in [0, 0.05) is 6.54 Å². The molecule has 0 bridgehead atoms. The minimum absolute atomic E-state index is 0.169. The number of nitrogens with zero attached hydrogens (tertiary/aromatic N) is 1. The molecular formula is C16H22N2OS. The summed E-state index contributed by atoms with van der Waals surface area (Å²) in [7, 11) is 0. The van der Waals surface area contributed by atoms with Crippen molar-refractivity contribution in [2.24, 2.45) is 5.92 Å². The van der Waals surface area contributed by atoms with Crippen LogP contribution in [0.1, 0.15) is 49.7 Å². The molecule has 4 heteroatoms. The number of nitrogens with one attached hydrogen (secondary N) is 1. The van der Waals surface area contributed by atoms with Crippen molar-refractivity contribution < 1.29 is 4.79 Å². The summed E-state index contributed by atoms with van der Waals surface area (Å²) < 4.78 is 0. The number of hydrogen-bond donors (Lipinski definition) is 1. The molecule has 20 heavy (non-hydrogen) atoms. The van der Waals surface area contributed by atoms with Crippen molar-refractivity contribution in [2.75, 3.05) is 0 Å². The standard InChI is InChI=1S/C16H22N2OS/c1-11-9-20-10-13(11)8-18-14(12-4-2-3-5-12)17-16(6-7-16)15(18)19/h9-10,12,14,17H,2-8H2,1H3. The summed E-state index contributed by atoms with van der Waals surface area (Å²) in [5, 5.41) is 8.08. The van der Waals surface area contributed by atoms with Crippen LogP contribution in [0.5, 0.6) is 0 Å². The monoisotopic (exact) mass is 290 g/mol. The van der Waals surface area contributed by atoms with E-state index in [9.17, 15) is 4.79 Å². The number of rotatable bonds is 3. The molecule has 1 atom stereocenters. The fourth-order valence-electron chi connectivity index (χ4n) is 3.86. The van der Waals surface area contributed by atoms with E-state index in [1.807, 2.05) is 0 Å². The average Bonchev–Trinajstić information content (AvgIpc) is 2.79. The van der Waals surface area contributed by atoms with Gasteiger partial charge in [-0.05, 0) is 60.4 Å². The number of thiophene rings is 1. The van der Waals surface area contributed by atoms with Gasteiger partial charge in [0.25, 0.3) is 0 Å². The van der Waals surface area contributed by atoms with Crippen LogP contribution in [0.4, 0.5) is 0 Å². The second kappa shape index (κ2) is 4.57. The van der Waals surface area contributed by atoms with E-state index in [1.54, 1.807) is 11.3 Å². The number of carbonyl (C=O) groups excluding carboxylic acids is 1. The summed E-state index contributed by atoms with van der Waals surface area (Å²) in [6.07, 6.45) is 7.57. The van der Waals surface area contributed by atoms with E-state index in [2.05, 4.69) is 27.9 Å². The Balaban J connectivity index is 1.60. The molecule has 2 saturated carbocycles. The molecule has 1 aromatic heterocycles. The zero-order chi connectivity index (χ0) is 13.7. The second-order valence-electron chi connectivity index (χ2n) is 6.73. The Morgan fingerprint density at radius 3 is 2.70 bits per heavy atom. The highest BCUT2D eigenvalue weighted by Gasteiger charge is 2.60. The van der Waals surface area contributed by atoms with Crippen molar-refractivity contribution in [2.45, 2.75) is 63.7 Å². The molecule has 2 aliphatic carbocycles. The molecule has 3 fully saturated rings. The molecular weight excluding hydrogens is 268 g/mol. The lowest BCUT2D eigenvalue weighted by atomic mass is 10.0. The van der Waals surface area contributed by atoms with Crippen LogP contribution in [-0.2, 0) is 11.3 Å². The molecule has 2 heterocycles. The Hall–Kier alpha value is -0.870. The Morgan fingerprint density at radius 1 is 1.35 bits per heavy atom. The van der Waals surface area contributed by atoms with Gasteiger partial charge in [-0.2, -0.15) is 11.3 Å². The van der Waals surface area contributed by atoms with Crippen molar-refractivity contribution in [1.29, 1.82) is 0 Å². The van der Waals surface area contributed by atoms with Crippen molar-refractivity contribution >= 4 is 17.2 Å². The van der Waals surface area contributed by atoms with Gasteiger partial charge >= 0.3 is 0 Å². The molecule has 3 aliphatic rings. The van der Waals surface area contributed by atoms with Crippen LogP contribution in [0.2, 0.25) is 0 Å². The highest BCUT2D eigenvalue weighted by Crippen LogP contribution is 2.46. The van der Waals surface area contributed by atoms with Crippen LogP contribution in [0.3, 0.4) is 0 Å². The molecule has 1 N–H and O–H groups in total. The number of hydrogen-bond acceptors (Lipinski definition) is 3. The highest BCUT2D eigenvalue weighted by atomic mass is 32.1. The lowest BCUT2D eigenvalue weighted by molar-refractivity contribution is -0.131. The van der Waals surface area contributed by atoms with Gasteiger partial charge < -0.3 is 4.90 Å². The van der Waals surface area contributed by atoms with E-state index in [0.29, 0.717) is 11.8 Å². The van der Waals surface area contributed by atoms with Gasteiger partial charge in [-0.25, -0.2) is 0 Å². The summed E-state index contributed by atoms with van der Waals surface area (Å²) in [4.78, 5) is 14.9. The summed E-state index contributed by atoms with van der Waals surface area (Å²) >= 11 is 1.74. The van der Waals surface area contributed by atoms with E-state index in [1.165, 1.54) is 36.8 Å². The molecule has 1 saturated heterocycles. The van der Waals surface area contributed by atoms with E-state index in [0.717, 1.165) is 19.4 Å². The quantitative estimate of drug-likeness (QED) is 0.928. The molecule has 1 unspecified atom stereocenters. The second-order valence-corrected chi connectivity index (χ2v) is 7.47. The van der Waals surface area contributed by atoms with Crippen LogP contribution < -0.4 is 5.32 Å². The Kier molecular flexibility index (Phi) is 2.93. The lowest BCUT2D eigenvalue weighted by Gasteiger charge is -2.29. The van der Waals surface area contributed by atoms with E-state index >= 15 is 0 Å². The van der Waals surface area contributed by atoms with Crippen LogP contribution in [0.25, 0.3) is 0 Å². The number of aryl methyl sites for hydroxylation is 1. The predicted molar refractivity (Wildman–Crippen MR) is 80.5 cm³/mol. The van der Waals surface area contributed by atoms with Crippen LogP contribution in [-0.4, -0.2) is 22.5 Å². The molecule has 1 amide bonds. The Morgan fingerprint density at radius 2 is 2.10 bits per heavy atom. The maximum Gasteiger partial charge on any atom is 0.244 e. The predicted octanol–water partition coefficient (Wildman–Crippen LogP) is 3.04. The van der Waals surface area contributed by atoms with Gasteiger partial charge in [0.05, 0.1) is 11.7 Å². The minimum atomic E-state index is -0.169. The maximum atomic E-state index is 12.8. The molecule has 0 aromatic carbocycles. The van der Waals surface area contributed by atoms with Gasteiger partial charge in [-0.15, -0.1) is 0 Å². The maximum absolute atomic E-state index is 12.8. The van der Waals surface area contributed by atoms with Gasteiger partial charge in [0.1, 0.15) is 0 Å². The third-order valence-electron chi connectivity index (χ3n) is 5.33. The molecule has 1 spiro atoms. The van der Waals surface area contributed by atoms with Crippen LogP contribution >= 0.6 is 11.3 Å². The topological polar surface area (TPSA) is 32.3 Å². The van der Waals surface area contributed by atoms with Gasteiger partial charge in [0.15, 0.2) is 0 Å². The molecule has 1 aromatic rings. The molecule has 0 radical (unpaired) electrons. The van der Waals surface area contributed by atoms with E-state index < -0.39 is 0 Å². The third kappa shape index (κ3) is 1.92. The third-order valence-corrected chi connectivity index (χ3v) is 6.24. The van der Waals surface area contributed by atoms with Gasteiger partial charge in [-0.3, -0.25) is 10.1 Å². The van der Waals surface area contributed by atoms with Crippen molar-refractivity contribution in [3.63, 3.8) is 0 Å². The van der Waals surface area contributed by atoms with Crippen molar-refractivity contribution in [1.82, 2.24) is 10.2 Å². The fraction of sp³-hybridized carbons (Fsp3) is 0.688. The lowest BCUT2D eigenvalue weighted by Crippen LogP contribution is -2.42. The largest absolute Gasteiger partial charge is 0.321 e. The van der Waals surface area contributed by atoms with Crippen LogP contribution in [0, 0.1) is 12.8 Å². The zero-order valence-corrected chi connectivity index (χ0v) is 12.8. The fourth-order valence-corrected chi connectivity index (χ4v) is 4.70. The van der Waals surface area contributed by atoms with E-state index in [4.69, 9.17) is 0 Å². The first kappa shape index (κ1) is 12.8. The zero-order valence-electron chi connectivity index (χ0n) is 12.0. The minimum Gasteiger partial charge on any atom is -0.321 e. The SMILES string of the molecule is Cc1cscc1CN1C(=O)C2(CC2)NC1C1CCCC1. The van der Waals surface area contributed by atoms with Gasteiger partial charge in [0.2, 0.25) is 5.91 Å². The summed E-state index contributed by atoms with van der Waals surface area (Å²) in [6, 6.07) is 0. The first-order valence-corrected chi connectivity index (χ1v) is 8.74. The smallest absolute Gasteiger partial charge is 0.244 e. The van der Waals surface area contributed by atoms with Gasteiger partial charge in [-0.1, -0.05) is 12.8 Å². The van der Waals surface area contributed by atoms with Crippen LogP contribution in [0.15, 0.2) is 10.8 Å². The van der Waals surface area contributed by atoms with E-state index in [-0.39, 0.29) is 11.7 Å². The summed E-state index contributed by atoms with van der Waals surface area (Å²) in [5.41, 5.74) is 2.48.